The predicted molar refractivity (Wildman–Crippen MR) is 73.3 cm³/mol. The zero-order valence-electron chi connectivity index (χ0n) is 10.5. The Bertz CT molecular complexity index is 564. The zero-order valence-corrected chi connectivity index (χ0v) is 11.3. The fourth-order valence-corrected chi connectivity index (χ4v) is 3.03. The van der Waals surface area contributed by atoms with Crippen molar-refractivity contribution in [2.75, 3.05) is 18.4 Å². The van der Waals surface area contributed by atoms with Gasteiger partial charge in [-0.15, -0.1) is 0 Å². The maximum absolute atomic E-state index is 12.0. The van der Waals surface area contributed by atoms with Gasteiger partial charge >= 0.3 is 0 Å². The highest BCUT2D eigenvalue weighted by Gasteiger charge is 2.16. The van der Waals surface area contributed by atoms with Crippen LogP contribution in [0.15, 0.2) is 35.2 Å². The lowest BCUT2D eigenvalue weighted by molar-refractivity contribution is 0.584. The molecule has 1 aliphatic heterocycles. The lowest BCUT2D eigenvalue weighted by atomic mass is 10.0. The third-order valence-electron chi connectivity index (χ3n) is 2.89. The van der Waals surface area contributed by atoms with Crippen molar-refractivity contribution >= 4 is 15.7 Å². The van der Waals surface area contributed by atoms with Crippen LogP contribution in [-0.2, 0) is 16.4 Å². The maximum Gasteiger partial charge on any atom is 0.240 e. The number of sulfonamides is 1. The van der Waals surface area contributed by atoms with Crippen LogP contribution in [0, 0.1) is 0 Å². The molecule has 2 N–H and O–H groups in total. The van der Waals surface area contributed by atoms with E-state index < -0.39 is 10.0 Å². The summed E-state index contributed by atoms with van der Waals surface area (Å²) in [6.07, 6.45) is 2.09. The van der Waals surface area contributed by atoms with E-state index >= 15 is 0 Å². The van der Waals surface area contributed by atoms with Crippen molar-refractivity contribution in [1.82, 2.24) is 4.72 Å². The molecule has 0 saturated carbocycles. The number of fused-ring (bicyclic) bond motifs is 1. The van der Waals surface area contributed by atoms with Gasteiger partial charge in [0.15, 0.2) is 0 Å². The molecule has 4 nitrogen and oxygen atoms in total. The number of hydrogen-bond donors (Lipinski definition) is 2. The first kappa shape index (κ1) is 13.1. The van der Waals surface area contributed by atoms with E-state index in [-0.39, 0.29) is 6.54 Å². The van der Waals surface area contributed by atoms with Crippen LogP contribution < -0.4 is 10.0 Å². The molecule has 1 aliphatic rings. The van der Waals surface area contributed by atoms with Gasteiger partial charge in [-0.3, -0.25) is 0 Å². The molecule has 0 aliphatic carbocycles. The minimum absolute atomic E-state index is 0.271. The Morgan fingerprint density at radius 2 is 2.28 bits per heavy atom. The molecular formula is C13H18N2O2S. The molecule has 0 atom stereocenters. The first-order chi connectivity index (χ1) is 8.49. The highest BCUT2D eigenvalue weighted by atomic mass is 32.2. The average Bonchev–Trinajstić information content (AvgIpc) is 2.36. The number of nitrogens with one attached hydrogen (secondary N) is 2. The largest absolute Gasteiger partial charge is 0.385 e. The molecule has 0 aromatic heterocycles. The summed E-state index contributed by atoms with van der Waals surface area (Å²) in [5.74, 6) is 0. The van der Waals surface area contributed by atoms with Crippen molar-refractivity contribution in [3.8, 4) is 0 Å². The topological polar surface area (TPSA) is 58.2 Å². The zero-order chi connectivity index (χ0) is 13.2. The van der Waals surface area contributed by atoms with Crippen molar-refractivity contribution in [1.29, 1.82) is 0 Å². The van der Waals surface area contributed by atoms with Gasteiger partial charge in [0.05, 0.1) is 4.90 Å². The molecule has 0 fully saturated rings. The molecule has 18 heavy (non-hydrogen) atoms. The highest BCUT2D eigenvalue weighted by Crippen LogP contribution is 2.25. The molecule has 0 radical (unpaired) electrons. The van der Waals surface area contributed by atoms with Crippen LogP contribution in [0.1, 0.15) is 18.9 Å². The fraction of sp³-hybridized carbons (Fsp3) is 0.385. The Morgan fingerprint density at radius 3 is 3.00 bits per heavy atom. The van der Waals surface area contributed by atoms with Crippen LogP contribution in [0.3, 0.4) is 0 Å². The Labute approximate surface area is 108 Å². The lowest BCUT2D eigenvalue weighted by Crippen LogP contribution is -2.25. The maximum atomic E-state index is 12.0. The lowest BCUT2D eigenvalue weighted by Gasteiger charge is -2.18. The fourth-order valence-electron chi connectivity index (χ4n) is 1.91. The molecule has 1 aromatic rings. The van der Waals surface area contributed by atoms with Gasteiger partial charge in [0.1, 0.15) is 0 Å². The van der Waals surface area contributed by atoms with E-state index in [1.54, 1.807) is 19.1 Å². The predicted octanol–water partition coefficient (Wildman–Crippen LogP) is 1.90. The van der Waals surface area contributed by atoms with E-state index in [0.29, 0.717) is 4.90 Å². The third-order valence-corrected chi connectivity index (χ3v) is 4.29. The minimum atomic E-state index is -3.44. The Kier molecular flexibility index (Phi) is 3.73. The minimum Gasteiger partial charge on any atom is -0.385 e. The van der Waals surface area contributed by atoms with Crippen LogP contribution in [0.5, 0.6) is 0 Å². The summed E-state index contributed by atoms with van der Waals surface area (Å²) in [4.78, 5) is 0.303. The van der Waals surface area contributed by atoms with Crippen molar-refractivity contribution < 1.29 is 8.42 Å². The molecule has 5 heteroatoms. The standard InChI is InChI=1S/C13H18N2O2S/c1-10(2)9-15-18(16,17)12-6-5-11-4-3-7-14-13(11)8-12/h5-6,8,14-15H,1,3-4,7,9H2,2H3. The molecular weight excluding hydrogens is 248 g/mol. The summed E-state index contributed by atoms with van der Waals surface area (Å²) in [6, 6.07) is 5.25. The SMILES string of the molecule is C=C(C)CNS(=O)(=O)c1ccc2c(c1)NCCC2. The molecule has 0 bridgehead atoms. The summed E-state index contributed by atoms with van der Waals surface area (Å²) in [5.41, 5.74) is 2.90. The molecule has 1 aromatic carbocycles. The van der Waals surface area contributed by atoms with Crippen LogP contribution in [0.4, 0.5) is 5.69 Å². The summed E-state index contributed by atoms with van der Waals surface area (Å²) >= 11 is 0. The Morgan fingerprint density at radius 1 is 1.50 bits per heavy atom. The van der Waals surface area contributed by atoms with Crippen molar-refractivity contribution in [3.05, 3.63) is 35.9 Å². The van der Waals surface area contributed by atoms with Gasteiger partial charge in [0.2, 0.25) is 10.0 Å². The van der Waals surface area contributed by atoms with Crippen LogP contribution in [-0.4, -0.2) is 21.5 Å². The van der Waals surface area contributed by atoms with Crippen molar-refractivity contribution in [2.24, 2.45) is 0 Å². The van der Waals surface area contributed by atoms with E-state index in [0.717, 1.165) is 30.6 Å². The number of aryl methyl sites for hydroxylation is 1. The number of rotatable bonds is 4. The first-order valence-corrected chi connectivity index (χ1v) is 7.48. The average molecular weight is 266 g/mol. The second kappa shape index (κ2) is 5.12. The second-order valence-corrected chi connectivity index (χ2v) is 6.40. The van der Waals surface area contributed by atoms with Gasteiger partial charge in [-0.1, -0.05) is 18.2 Å². The van der Waals surface area contributed by atoms with Crippen LogP contribution in [0.2, 0.25) is 0 Å². The normalized spacial score (nSPS) is 14.7. The highest BCUT2D eigenvalue weighted by molar-refractivity contribution is 7.89. The van der Waals surface area contributed by atoms with E-state index in [1.165, 1.54) is 5.56 Å². The molecule has 0 unspecified atom stereocenters. The smallest absolute Gasteiger partial charge is 0.240 e. The van der Waals surface area contributed by atoms with Gasteiger partial charge in [0, 0.05) is 18.8 Å². The molecule has 0 spiro atoms. The monoisotopic (exact) mass is 266 g/mol. The molecule has 2 rings (SSSR count). The molecule has 0 amide bonds. The number of benzene rings is 1. The number of hydrogen-bond acceptors (Lipinski definition) is 3. The second-order valence-electron chi connectivity index (χ2n) is 4.63. The summed E-state index contributed by atoms with van der Waals surface area (Å²) in [7, 11) is -3.44. The van der Waals surface area contributed by atoms with E-state index in [9.17, 15) is 8.42 Å². The summed E-state index contributed by atoms with van der Waals surface area (Å²) in [6.45, 7) is 6.64. The van der Waals surface area contributed by atoms with E-state index in [1.807, 2.05) is 6.07 Å². The Hall–Kier alpha value is -1.33. The Balaban J connectivity index is 2.25. The van der Waals surface area contributed by atoms with Gasteiger partial charge < -0.3 is 5.32 Å². The first-order valence-electron chi connectivity index (χ1n) is 6.00. The van der Waals surface area contributed by atoms with Gasteiger partial charge in [-0.05, 0) is 37.5 Å². The third kappa shape index (κ3) is 2.91. The summed E-state index contributed by atoms with van der Waals surface area (Å²) < 4.78 is 26.6. The molecule has 0 saturated heterocycles. The van der Waals surface area contributed by atoms with Crippen molar-refractivity contribution in [3.63, 3.8) is 0 Å². The van der Waals surface area contributed by atoms with Crippen LogP contribution in [0.25, 0.3) is 0 Å². The van der Waals surface area contributed by atoms with E-state index in [4.69, 9.17) is 0 Å². The molecule has 1 heterocycles. The molecule has 98 valence electrons. The van der Waals surface area contributed by atoms with Gasteiger partial charge in [0.25, 0.3) is 0 Å². The van der Waals surface area contributed by atoms with Gasteiger partial charge in [-0.25, -0.2) is 13.1 Å². The van der Waals surface area contributed by atoms with Gasteiger partial charge in [-0.2, -0.15) is 0 Å². The number of anilines is 1. The summed E-state index contributed by atoms with van der Waals surface area (Å²) in [5, 5.41) is 3.23. The van der Waals surface area contributed by atoms with Crippen LogP contribution >= 0.6 is 0 Å². The van der Waals surface area contributed by atoms with Crippen molar-refractivity contribution in [2.45, 2.75) is 24.7 Å². The van der Waals surface area contributed by atoms with E-state index in [2.05, 4.69) is 16.6 Å². The quantitative estimate of drug-likeness (QED) is 0.818.